The average Bonchev–Trinajstić information content (AvgIpc) is 2.22. The molecule has 0 aliphatic rings. The van der Waals surface area contributed by atoms with E-state index in [9.17, 15) is 5.11 Å². The van der Waals surface area contributed by atoms with Crippen molar-refractivity contribution in [3.8, 4) is 0 Å². The normalized spacial score (nSPS) is 15.0. The van der Waals surface area contributed by atoms with Crippen molar-refractivity contribution in [1.82, 2.24) is 9.97 Å². The lowest BCUT2D eigenvalue weighted by Crippen LogP contribution is -2.31. The van der Waals surface area contributed by atoms with Crippen molar-refractivity contribution < 1.29 is 15.3 Å². The molecule has 0 aliphatic carbocycles. The summed E-state index contributed by atoms with van der Waals surface area (Å²) in [5, 5.41) is 27.3. The highest BCUT2D eigenvalue weighted by Gasteiger charge is 2.16. The fourth-order valence-electron chi connectivity index (χ4n) is 1.16. The van der Waals surface area contributed by atoms with Crippen LogP contribution in [-0.4, -0.2) is 44.1 Å². The first-order valence-corrected chi connectivity index (χ1v) is 4.80. The molecule has 0 amide bonds. The summed E-state index contributed by atoms with van der Waals surface area (Å²) in [7, 11) is 0. The molecule has 0 spiro atoms. The van der Waals surface area contributed by atoms with Gasteiger partial charge in [-0.1, -0.05) is 0 Å². The van der Waals surface area contributed by atoms with Gasteiger partial charge in [0.25, 0.3) is 0 Å². The van der Waals surface area contributed by atoms with Crippen molar-refractivity contribution in [1.29, 1.82) is 0 Å². The molecule has 84 valence electrons. The maximum atomic E-state index is 9.45. The van der Waals surface area contributed by atoms with Gasteiger partial charge in [0, 0.05) is 12.6 Å². The summed E-state index contributed by atoms with van der Waals surface area (Å²) in [5.41, 5.74) is 2.26. The average molecular weight is 212 g/mol. The van der Waals surface area contributed by atoms with Gasteiger partial charge in [0.2, 0.25) is 0 Å². The quantitative estimate of drug-likeness (QED) is 0.617. The predicted molar refractivity (Wildman–Crippen MR) is 54.3 cm³/mol. The number of aromatic nitrogens is 2. The number of aliphatic hydroxyl groups excluding tert-OH is 3. The lowest BCUT2D eigenvalue weighted by atomic mass is 10.1. The molecule has 0 saturated carbocycles. The van der Waals surface area contributed by atoms with E-state index in [1.165, 1.54) is 0 Å². The lowest BCUT2D eigenvalue weighted by molar-refractivity contribution is -0.0137. The topological polar surface area (TPSA) is 86.5 Å². The molecule has 0 unspecified atom stereocenters. The van der Waals surface area contributed by atoms with Gasteiger partial charge >= 0.3 is 0 Å². The first-order valence-electron chi connectivity index (χ1n) is 4.80. The van der Waals surface area contributed by atoms with E-state index in [-0.39, 0.29) is 6.42 Å². The smallest absolute Gasteiger partial charge is 0.103 e. The van der Waals surface area contributed by atoms with Crippen LogP contribution in [0.2, 0.25) is 0 Å². The van der Waals surface area contributed by atoms with Crippen molar-refractivity contribution in [3.63, 3.8) is 0 Å². The molecular weight excluding hydrogens is 196 g/mol. The van der Waals surface area contributed by atoms with Crippen LogP contribution >= 0.6 is 0 Å². The molecule has 0 aliphatic heterocycles. The standard InChI is InChI=1S/C10H16N2O3/c1-6-7(2)12-8(4-11-6)3-9(14)10(15)5-13/h4,9-10,13-15H,3,5H2,1-2H3/t9-,10-/m0/s1. The van der Waals surface area contributed by atoms with Crippen LogP contribution in [0.1, 0.15) is 17.1 Å². The minimum absolute atomic E-state index is 0.190. The van der Waals surface area contributed by atoms with Crippen LogP contribution in [-0.2, 0) is 6.42 Å². The minimum Gasteiger partial charge on any atom is -0.394 e. The van der Waals surface area contributed by atoms with E-state index < -0.39 is 18.8 Å². The summed E-state index contributed by atoms with van der Waals surface area (Å²) in [5.74, 6) is 0. The number of nitrogens with zero attached hydrogens (tertiary/aromatic N) is 2. The van der Waals surface area contributed by atoms with Crippen molar-refractivity contribution >= 4 is 0 Å². The van der Waals surface area contributed by atoms with Crippen molar-refractivity contribution in [2.45, 2.75) is 32.5 Å². The summed E-state index contributed by atoms with van der Waals surface area (Å²) >= 11 is 0. The van der Waals surface area contributed by atoms with E-state index in [1.807, 2.05) is 13.8 Å². The van der Waals surface area contributed by atoms with Gasteiger partial charge in [0.15, 0.2) is 0 Å². The van der Waals surface area contributed by atoms with Crippen LogP contribution in [0.5, 0.6) is 0 Å². The van der Waals surface area contributed by atoms with Crippen LogP contribution in [0.4, 0.5) is 0 Å². The number of aliphatic hydroxyl groups is 3. The lowest BCUT2D eigenvalue weighted by Gasteiger charge is -2.15. The zero-order valence-corrected chi connectivity index (χ0v) is 8.88. The number of aryl methyl sites for hydroxylation is 2. The molecule has 0 saturated heterocycles. The molecule has 1 aromatic heterocycles. The highest BCUT2D eigenvalue weighted by Crippen LogP contribution is 2.05. The fraction of sp³-hybridized carbons (Fsp3) is 0.600. The Kier molecular flexibility index (Phi) is 4.14. The van der Waals surface area contributed by atoms with E-state index in [0.29, 0.717) is 5.69 Å². The van der Waals surface area contributed by atoms with Gasteiger partial charge in [-0.25, -0.2) is 0 Å². The molecule has 0 bridgehead atoms. The van der Waals surface area contributed by atoms with E-state index in [1.54, 1.807) is 6.20 Å². The van der Waals surface area contributed by atoms with Crippen molar-refractivity contribution in [2.24, 2.45) is 0 Å². The Morgan fingerprint density at radius 2 is 1.87 bits per heavy atom. The van der Waals surface area contributed by atoms with Crippen LogP contribution in [0.3, 0.4) is 0 Å². The van der Waals surface area contributed by atoms with E-state index in [4.69, 9.17) is 10.2 Å². The van der Waals surface area contributed by atoms with Gasteiger partial charge in [0.1, 0.15) is 6.10 Å². The maximum Gasteiger partial charge on any atom is 0.103 e. The maximum absolute atomic E-state index is 9.45. The molecule has 1 aromatic rings. The van der Waals surface area contributed by atoms with Gasteiger partial charge in [-0.2, -0.15) is 0 Å². The summed E-state index contributed by atoms with van der Waals surface area (Å²) in [6.45, 7) is 3.23. The Balaban J connectivity index is 2.68. The van der Waals surface area contributed by atoms with Crippen LogP contribution in [0.25, 0.3) is 0 Å². The van der Waals surface area contributed by atoms with Crippen LogP contribution < -0.4 is 0 Å². The van der Waals surface area contributed by atoms with Gasteiger partial charge in [0.05, 0.1) is 29.8 Å². The highest BCUT2D eigenvalue weighted by atomic mass is 16.4. The third kappa shape index (κ3) is 3.23. The first kappa shape index (κ1) is 12.0. The Labute approximate surface area is 88.4 Å². The zero-order valence-electron chi connectivity index (χ0n) is 8.88. The Morgan fingerprint density at radius 1 is 1.20 bits per heavy atom. The van der Waals surface area contributed by atoms with Crippen LogP contribution in [0.15, 0.2) is 6.20 Å². The third-order valence-electron chi connectivity index (χ3n) is 2.29. The zero-order chi connectivity index (χ0) is 11.4. The Morgan fingerprint density at radius 3 is 2.40 bits per heavy atom. The third-order valence-corrected chi connectivity index (χ3v) is 2.29. The molecule has 3 N–H and O–H groups in total. The van der Waals surface area contributed by atoms with Crippen LogP contribution in [0, 0.1) is 13.8 Å². The largest absolute Gasteiger partial charge is 0.394 e. The summed E-state index contributed by atoms with van der Waals surface area (Å²) in [6.07, 6.45) is -0.384. The fourth-order valence-corrected chi connectivity index (χ4v) is 1.16. The van der Waals surface area contributed by atoms with Crippen molar-refractivity contribution in [2.75, 3.05) is 6.61 Å². The molecule has 0 aromatic carbocycles. The van der Waals surface area contributed by atoms with E-state index in [0.717, 1.165) is 11.4 Å². The molecule has 5 nitrogen and oxygen atoms in total. The molecule has 5 heteroatoms. The minimum atomic E-state index is -1.13. The predicted octanol–water partition coefficient (Wildman–Crippen LogP) is -0.650. The van der Waals surface area contributed by atoms with Crippen molar-refractivity contribution in [3.05, 3.63) is 23.3 Å². The number of hydrogen-bond donors (Lipinski definition) is 3. The van der Waals surface area contributed by atoms with Gasteiger partial charge in [-0.05, 0) is 13.8 Å². The highest BCUT2D eigenvalue weighted by molar-refractivity contribution is 5.11. The Hall–Kier alpha value is -1.04. The molecule has 15 heavy (non-hydrogen) atoms. The summed E-state index contributed by atoms with van der Waals surface area (Å²) in [4.78, 5) is 8.31. The Bertz CT molecular complexity index is 330. The van der Waals surface area contributed by atoms with E-state index in [2.05, 4.69) is 9.97 Å². The molecule has 1 heterocycles. The molecule has 2 atom stereocenters. The second-order valence-corrected chi connectivity index (χ2v) is 3.55. The summed E-state index contributed by atoms with van der Waals surface area (Å²) < 4.78 is 0. The second-order valence-electron chi connectivity index (χ2n) is 3.55. The molecule has 0 radical (unpaired) electrons. The van der Waals surface area contributed by atoms with Gasteiger partial charge in [-0.15, -0.1) is 0 Å². The molecular formula is C10H16N2O3. The molecule has 1 rings (SSSR count). The monoisotopic (exact) mass is 212 g/mol. The first-order chi connectivity index (χ1) is 7.04. The SMILES string of the molecule is Cc1ncc(C[C@H](O)[C@@H](O)CO)nc1C. The second kappa shape index (κ2) is 5.16. The van der Waals surface area contributed by atoms with Gasteiger partial charge < -0.3 is 15.3 Å². The van der Waals surface area contributed by atoms with Gasteiger partial charge in [-0.3, -0.25) is 9.97 Å². The molecule has 0 fully saturated rings. The number of hydrogen-bond acceptors (Lipinski definition) is 5. The number of rotatable bonds is 4. The summed E-state index contributed by atoms with van der Waals surface area (Å²) in [6, 6.07) is 0. The van der Waals surface area contributed by atoms with E-state index >= 15 is 0 Å².